The number of thiazole rings is 1. The van der Waals surface area contributed by atoms with Gasteiger partial charge in [0.1, 0.15) is 0 Å². The molecule has 0 aliphatic rings. The van der Waals surface area contributed by atoms with Gasteiger partial charge in [-0.15, -0.1) is 0 Å². The van der Waals surface area contributed by atoms with Crippen molar-refractivity contribution in [1.29, 1.82) is 0 Å². The zero-order valence-electron chi connectivity index (χ0n) is 6.17. The number of halogens is 1. The molecule has 0 fully saturated rings. The Hall–Kier alpha value is -0.130. The molecule has 62 valence electrons. The third-order valence-corrected chi connectivity index (χ3v) is 2.84. The molecule has 0 saturated heterocycles. The van der Waals surface area contributed by atoms with E-state index in [-0.39, 0.29) is 6.04 Å². The Morgan fingerprint density at radius 3 is 2.73 bits per heavy atom. The zero-order valence-corrected chi connectivity index (χ0v) is 8.58. The van der Waals surface area contributed by atoms with Crippen LogP contribution in [0.15, 0.2) is 3.79 Å². The minimum atomic E-state index is 0.132. The van der Waals surface area contributed by atoms with Crippen molar-refractivity contribution in [2.75, 3.05) is 5.73 Å². The first kappa shape index (κ1) is 8.96. The number of rotatable bonds is 2. The molecule has 0 saturated carbocycles. The van der Waals surface area contributed by atoms with E-state index in [2.05, 4.69) is 20.9 Å². The molecule has 0 bridgehead atoms. The lowest BCUT2D eigenvalue weighted by Gasteiger charge is -2.00. The van der Waals surface area contributed by atoms with Gasteiger partial charge in [-0.05, 0) is 22.9 Å². The van der Waals surface area contributed by atoms with Crippen LogP contribution in [0.25, 0.3) is 0 Å². The third-order valence-electron chi connectivity index (χ3n) is 1.18. The lowest BCUT2D eigenvalue weighted by atomic mass is 10.2. The van der Waals surface area contributed by atoms with Crippen molar-refractivity contribution in [2.24, 2.45) is 5.73 Å². The van der Waals surface area contributed by atoms with E-state index in [0.717, 1.165) is 15.9 Å². The van der Waals surface area contributed by atoms with Gasteiger partial charge in [-0.1, -0.05) is 11.3 Å². The van der Waals surface area contributed by atoms with Gasteiger partial charge >= 0.3 is 0 Å². The molecule has 1 unspecified atom stereocenters. The highest BCUT2D eigenvalue weighted by Gasteiger charge is 2.07. The number of nitrogens with zero attached hydrogens (tertiary/aromatic N) is 1. The van der Waals surface area contributed by atoms with Crippen LogP contribution < -0.4 is 11.5 Å². The maximum absolute atomic E-state index is 5.61. The first-order chi connectivity index (χ1) is 5.09. The number of anilines is 1. The lowest BCUT2D eigenvalue weighted by molar-refractivity contribution is 0.724. The van der Waals surface area contributed by atoms with Crippen molar-refractivity contribution < 1.29 is 0 Å². The highest BCUT2D eigenvalue weighted by molar-refractivity contribution is 9.11. The van der Waals surface area contributed by atoms with Crippen LogP contribution in [0.4, 0.5) is 5.13 Å². The Kier molecular flexibility index (Phi) is 2.86. The molecule has 1 aromatic heterocycles. The summed E-state index contributed by atoms with van der Waals surface area (Å²) in [5.74, 6) is 0. The Bertz CT molecular complexity index is 246. The van der Waals surface area contributed by atoms with Gasteiger partial charge in [-0.3, -0.25) is 0 Å². The quantitative estimate of drug-likeness (QED) is 0.815. The van der Waals surface area contributed by atoms with Gasteiger partial charge in [-0.2, -0.15) is 0 Å². The molecular formula is C6H10BrN3S. The molecule has 4 N–H and O–H groups in total. The van der Waals surface area contributed by atoms with Crippen molar-refractivity contribution in [3.05, 3.63) is 9.48 Å². The molecule has 1 atom stereocenters. The fourth-order valence-corrected chi connectivity index (χ4v) is 2.12. The van der Waals surface area contributed by atoms with Gasteiger partial charge in [0.25, 0.3) is 0 Å². The third kappa shape index (κ3) is 2.43. The molecule has 3 nitrogen and oxygen atoms in total. The van der Waals surface area contributed by atoms with Crippen LogP contribution in [-0.2, 0) is 6.42 Å². The minimum absolute atomic E-state index is 0.132. The average Bonchev–Trinajstić information content (AvgIpc) is 2.09. The van der Waals surface area contributed by atoms with Crippen LogP contribution in [0, 0.1) is 0 Å². The number of hydrogen-bond donors (Lipinski definition) is 2. The highest BCUT2D eigenvalue weighted by Crippen LogP contribution is 2.26. The van der Waals surface area contributed by atoms with E-state index in [9.17, 15) is 0 Å². The van der Waals surface area contributed by atoms with E-state index in [1.54, 1.807) is 0 Å². The number of nitrogens with two attached hydrogens (primary N) is 2. The van der Waals surface area contributed by atoms with E-state index in [0.29, 0.717) is 5.13 Å². The summed E-state index contributed by atoms with van der Waals surface area (Å²) in [6.45, 7) is 1.95. The molecule has 11 heavy (non-hydrogen) atoms. The van der Waals surface area contributed by atoms with E-state index in [1.165, 1.54) is 11.3 Å². The first-order valence-electron chi connectivity index (χ1n) is 3.26. The van der Waals surface area contributed by atoms with Crippen molar-refractivity contribution >= 4 is 32.4 Å². The van der Waals surface area contributed by atoms with Crippen molar-refractivity contribution in [3.63, 3.8) is 0 Å². The molecule has 1 heterocycles. The molecular weight excluding hydrogens is 226 g/mol. The lowest BCUT2D eigenvalue weighted by Crippen LogP contribution is -2.18. The van der Waals surface area contributed by atoms with E-state index < -0.39 is 0 Å². The summed E-state index contributed by atoms with van der Waals surface area (Å²) in [5.41, 5.74) is 12.1. The molecule has 1 rings (SSSR count). The Morgan fingerprint density at radius 2 is 2.36 bits per heavy atom. The number of aromatic nitrogens is 1. The summed E-state index contributed by atoms with van der Waals surface area (Å²) < 4.78 is 0.993. The summed E-state index contributed by atoms with van der Waals surface area (Å²) in [5, 5.41) is 0.590. The first-order valence-corrected chi connectivity index (χ1v) is 4.87. The fraction of sp³-hybridized carbons (Fsp3) is 0.500. The van der Waals surface area contributed by atoms with Crippen LogP contribution >= 0.6 is 27.3 Å². The molecule has 0 spiro atoms. The Morgan fingerprint density at radius 1 is 1.73 bits per heavy atom. The summed E-state index contributed by atoms with van der Waals surface area (Å²) in [7, 11) is 0. The topological polar surface area (TPSA) is 64.9 Å². The summed E-state index contributed by atoms with van der Waals surface area (Å²) in [6, 6.07) is 0.132. The standard InChI is InChI=1S/C6H10BrN3S/c1-3(8)2-4-5(7)11-6(9)10-4/h3H,2,8H2,1H3,(H2,9,10). The largest absolute Gasteiger partial charge is 0.375 e. The van der Waals surface area contributed by atoms with Crippen LogP contribution in [0.2, 0.25) is 0 Å². The predicted octanol–water partition coefficient (Wildman–Crippen LogP) is 1.38. The van der Waals surface area contributed by atoms with E-state index >= 15 is 0 Å². The van der Waals surface area contributed by atoms with Crippen molar-refractivity contribution in [1.82, 2.24) is 4.98 Å². The highest BCUT2D eigenvalue weighted by atomic mass is 79.9. The van der Waals surface area contributed by atoms with Crippen molar-refractivity contribution in [3.8, 4) is 0 Å². The normalized spacial score (nSPS) is 13.4. The minimum Gasteiger partial charge on any atom is -0.375 e. The molecule has 0 amide bonds. The summed E-state index contributed by atoms with van der Waals surface area (Å²) in [6.07, 6.45) is 0.772. The molecule has 0 aliphatic heterocycles. The van der Waals surface area contributed by atoms with Gasteiger partial charge in [0.15, 0.2) is 5.13 Å². The Labute approximate surface area is 77.9 Å². The van der Waals surface area contributed by atoms with Gasteiger partial charge in [0.05, 0.1) is 9.48 Å². The van der Waals surface area contributed by atoms with Crippen LogP contribution in [-0.4, -0.2) is 11.0 Å². The van der Waals surface area contributed by atoms with E-state index in [4.69, 9.17) is 11.5 Å². The molecule has 0 radical (unpaired) electrons. The SMILES string of the molecule is CC(N)Cc1nc(N)sc1Br. The van der Waals surface area contributed by atoms with Crippen LogP contribution in [0.5, 0.6) is 0 Å². The molecule has 1 aromatic rings. The second kappa shape index (κ2) is 3.51. The number of hydrogen-bond acceptors (Lipinski definition) is 4. The van der Waals surface area contributed by atoms with Crippen LogP contribution in [0.1, 0.15) is 12.6 Å². The number of nitrogen functional groups attached to an aromatic ring is 1. The van der Waals surface area contributed by atoms with Crippen LogP contribution in [0.3, 0.4) is 0 Å². The van der Waals surface area contributed by atoms with E-state index in [1.807, 2.05) is 6.92 Å². The average molecular weight is 236 g/mol. The predicted molar refractivity (Wildman–Crippen MR) is 51.6 cm³/mol. The maximum atomic E-state index is 5.61. The molecule has 0 aliphatic carbocycles. The van der Waals surface area contributed by atoms with Crippen molar-refractivity contribution in [2.45, 2.75) is 19.4 Å². The van der Waals surface area contributed by atoms with Gasteiger partial charge in [-0.25, -0.2) is 4.98 Å². The fourth-order valence-electron chi connectivity index (χ4n) is 0.781. The van der Waals surface area contributed by atoms with Gasteiger partial charge < -0.3 is 11.5 Å². The molecule has 0 aromatic carbocycles. The zero-order chi connectivity index (χ0) is 8.43. The monoisotopic (exact) mass is 235 g/mol. The summed E-state index contributed by atoms with van der Waals surface area (Å²) in [4.78, 5) is 4.12. The Balaban J connectivity index is 2.77. The van der Waals surface area contributed by atoms with Gasteiger partial charge in [0.2, 0.25) is 0 Å². The second-order valence-corrected chi connectivity index (χ2v) is 4.80. The smallest absolute Gasteiger partial charge is 0.181 e. The van der Waals surface area contributed by atoms with Gasteiger partial charge in [0, 0.05) is 12.5 Å². The molecule has 5 heteroatoms. The second-order valence-electron chi connectivity index (χ2n) is 2.45. The maximum Gasteiger partial charge on any atom is 0.181 e. The summed E-state index contributed by atoms with van der Waals surface area (Å²) >= 11 is 4.81.